The van der Waals surface area contributed by atoms with E-state index in [1.807, 2.05) is 4.98 Å². The lowest BCUT2D eigenvalue weighted by Gasteiger charge is -2.04. The largest absolute Gasteiger partial charge is 0.378 e. The van der Waals surface area contributed by atoms with Gasteiger partial charge in [-0.05, 0) is 0 Å². The third-order valence-electron chi connectivity index (χ3n) is 1.67. The molecule has 0 aliphatic rings. The molecule has 5 nitrogen and oxygen atoms in total. The number of ether oxygens (including phenoxy) is 1. The molecule has 0 amide bonds. The van der Waals surface area contributed by atoms with Crippen molar-refractivity contribution < 1.29 is 9.13 Å². The first-order valence-corrected chi connectivity index (χ1v) is 4.81. The van der Waals surface area contributed by atoms with Crippen LogP contribution in [0.5, 0.6) is 0 Å². The molecule has 0 saturated heterocycles. The number of aromatic amines is 1. The van der Waals surface area contributed by atoms with Crippen LogP contribution in [0.15, 0.2) is 15.8 Å². The maximum atomic E-state index is 12.8. The molecule has 1 N–H and O–H groups in total. The minimum atomic E-state index is -1.02. The maximum absolute atomic E-state index is 12.8. The minimum absolute atomic E-state index is 0.170. The van der Waals surface area contributed by atoms with E-state index in [9.17, 15) is 14.0 Å². The van der Waals surface area contributed by atoms with Gasteiger partial charge in [0.15, 0.2) is 0 Å². The van der Waals surface area contributed by atoms with Gasteiger partial charge in [0.25, 0.3) is 5.56 Å². The third-order valence-corrected chi connectivity index (χ3v) is 1.82. The molecule has 0 fully saturated rings. The van der Waals surface area contributed by atoms with Crippen LogP contribution in [0.25, 0.3) is 0 Å². The van der Waals surface area contributed by atoms with Crippen LogP contribution in [0, 0.1) is 5.82 Å². The Morgan fingerprint density at radius 1 is 1.47 bits per heavy atom. The lowest BCUT2D eigenvalue weighted by molar-refractivity contribution is 0.139. The average Bonchev–Trinajstić information content (AvgIpc) is 2.20. The number of alkyl halides is 1. The van der Waals surface area contributed by atoms with Gasteiger partial charge in [-0.3, -0.25) is 14.3 Å². The lowest BCUT2D eigenvalue weighted by atomic mass is 10.5. The number of hydrogen-bond acceptors (Lipinski definition) is 3. The van der Waals surface area contributed by atoms with E-state index >= 15 is 0 Å². The minimum Gasteiger partial charge on any atom is -0.378 e. The molecule has 1 rings (SSSR count). The van der Waals surface area contributed by atoms with Gasteiger partial charge in [0.05, 0.1) is 26.0 Å². The summed E-state index contributed by atoms with van der Waals surface area (Å²) in [6.45, 7) is 0.768. The zero-order valence-corrected chi connectivity index (χ0v) is 8.59. The molecule has 0 radical (unpaired) electrons. The van der Waals surface area contributed by atoms with Crippen LogP contribution >= 0.6 is 11.6 Å². The van der Waals surface area contributed by atoms with E-state index < -0.39 is 17.1 Å². The fraction of sp³-hybridized carbons (Fsp3) is 0.500. The molecule has 0 bridgehead atoms. The summed E-state index contributed by atoms with van der Waals surface area (Å²) in [5.74, 6) is -0.638. The summed E-state index contributed by atoms with van der Waals surface area (Å²) in [7, 11) is 0. The first-order valence-electron chi connectivity index (χ1n) is 4.28. The third kappa shape index (κ3) is 3.49. The van der Waals surface area contributed by atoms with Crippen LogP contribution in [0.2, 0.25) is 0 Å². The van der Waals surface area contributed by atoms with Gasteiger partial charge in [0, 0.05) is 5.88 Å². The van der Waals surface area contributed by atoms with Crippen LogP contribution in [-0.4, -0.2) is 28.6 Å². The van der Waals surface area contributed by atoms with Crippen molar-refractivity contribution in [3.8, 4) is 0 Å². The van der Waals surface area contributed by atoms with Crippen molar-refractivity contribution in [1.82, 2.24) is 9.55 Å². The fourth-order valence-electron chi connectivity index (χ4n) is 0.968. The topological polar surface area (TPSA) is 64.1 Å². The molecule has 0 unspecified atom stereocenters. The van der Waals surface area contributed by atoms with Crippen LogP contribution in [-0.2, 0) is 11.3 Å². The lowest BCUT2D eigenvalue weighted by Crippen LogP contribution is -2.32. The summed E-state index contributed by atoms with van der Waals surface area (Å²) in [4.78, 5) is 23.6. The summed E-state index contributed by atoms with van der Waals surface area (Å²) in [5, 5.41) is 0. The zero-order valence-electron chi connectivity index (χ0n) is 7.83. The second-order valence-electron chi connectivity index (χ2n) is 2.73. The quantitative estimate of drug-likeness (QED) is 0.575. The monoisotopic (exact) mass is 236 g/mol. The summed E-state index contributed by atoms with van der Waals surface area (Å²) in [6.07, 6.45) is 0.852. The highest BCUT2D eigenvalue weighted by molar-refractivity contribution is 6.17. The fourth-order valence-corrected chi connectivity index (χ4v) is 1.08. The Morgan fingerprint density at radius 3 is 2.87 bits per heavy atom. The van der Waals surface area contributed by atoms with Gasteiger partial charge in [0.2, 0.25) is 5.82 Å². The number of nitrogens with one attached hydrogen (secondary N) is 1. The Kier molecular flexibility index (Phi) is 4.51. The van der Waals surface area contributed by atoms with Crippen LogP contribution < -0.4 is 11.2 Å². The van der Waals surface area contributed by atoms with Crippen molar-refractivity contribution in [2.75, 3.05) is 19.1 Å². The number of halogens is 2. The number of H-pyrrole nitrogens is 1. The summed E-state index contributed by atoms with van der Waals surface area (Å²) >= 11 is 5.36. The van der Waals surface area contributed by atoms with E-state index in [2.05, 4.69) is 0 Å². The molecule has 0 aliphatic heterocycles. The summed E-state index contributed by atoms with van der Waals surface area (Å²) in [5.41, 5.74) is -1.67. The van der Waals surface area contributed by atoms with Crippen molar-refractivity contribution in [2.24, 2.45) is 0 Å². The van der Waals surface area contributed by atoms with Crippen LogP contribution in [0.4, 0.5) is 4.39 Å². The van der Waals surface area contributed by atoms with Crippen molar-refractivity contribution in [3.63, 3.8) is 0 Å². The molecular weight excluding hydrogens is 227 g/mol. The van der Waals surface area contributed by atoms with Crippen LogP contribution in [0.1, 0.15) is 0 Å². The molecule has 15 heavy (non-hydrogen) atoms. The highest BCUT2D eigenvalue weighted by Gasteiger charge is 2.02. The molecule has 0 saturated carbocycles. The average molecular weight is 237 g/mol. The van der Waals surface area contributed by atoms with Gasteiger partial charge in [-0.25, -0.2) is 4.79 Å². The Hall–Kier alpha value is -1.14. The van der Waals surface area contributed by atoms with E-state index in [0.717, 1.165) is 10.8 Å². The van der Waals surface area contributed by atoms with E-state index in [4.69, 9.17) is 16.3 Å². The van der Waals surface area contributed by atoms with Gasteiger partial charge < -0.3 is 4.74 Å². The maximum Gasteiger partial charge on any atom is 0.328 e. The summed E-state index contributed by atoms with van der Waals surface area (Å²) < 4.78 is 18.8. The predicted octanol–water partition coefficient (Wildman–Crippen LogP) is -0.0689. The first-order chi connectivity index (χ1) is 7.15. The van der Waals surface area contributed by atoms with Crippen molar-refractivity contribution in [1.29, 1.82) is 0 Å². The first kappa shape index (κ1) is 11.9. The Balaban J connectivity index is 2.66. The van der Waals surface area contributed by atoms with Gasteiger partial charge >= 0.3 is 5.69 Å². The molecule has 7 heteroatoms. The van der Waals surface area contributed by atoms with Gasteiger partial charge in [-0.2, -0.15) is 4.39 Å². The second-order valence-corrected chi connectivity index (χ2v) is 3.11. The molecular formula is C8H10ClFN2O3. The van der Waals surface area contributed by atoms with Gasteiger partial charge in [-0.15, -0.1) is 11.6 Å². The van der Waals surface area contributed by atoms with Crippen LogP contribution in [0.3, 0.4) is 0 Å². The Morgan fingerprint density at radius 2 is 2.20 bits per heavy atom. The molecule has 0 aromatic carbocycles. The zero-order chi connectivity index (χ0) is 11.3. The van der Waals surface area contributed by atoms with Gasteiger partial charge in [-0.1, -0.05) is 0 Å². The van der Waals surface area contributed by atoms with E-state index in [1.54, 1.807) is 0 Å². The van der Waals surface area contributed by atoms with E-state index in [-0.39, 0.29) is 13.2 Å². The molecule has 0 atom stereocenters. The second kappa shape index (κ2) is 5.67. The van der Waals surface area contributed by atoms with Crippen molar-refractivity contribution in [3.05, 3.63) is 32.9 Å². The summed E-state index contributed by atoms with van der Waals surface area (Å²) in [6, 6.07) is 0. The number of hydrogen-bond donors (Lipinski definition) is 1. The Labute approximate surface area is 89.4 Å². The van der Waals surface area contributed by atoms with E-state index in [0.29, 0.717) is 12.5 Å². The number of rotatable bonds is 5. The molecule has 0 aliphatic carbocycles. The predicted molar refractivity (Wildman–Crippen MR) is 52.8 cm³/mol. The normalized spacial score (nSPS) is 10.5. The van der Waals surface area contributed by atoms with Gasteiger partial charge in [0.1, 0.15) is 0 Å². The molecule has 84 valence electrons. The molecule has 1 aromatic rings. The smallest absolute Gasteiger partial charge is 0.328 e. The molecule has 0 spiro atoms. The number of aromatic nitrogens is 2. The highest BCUT2D eigenvalue weighted by Crippen LogP contribution is 1.86. The molecule has 1 aromatic heterocycles. The standard InChI is InChI=1S/C8H10ClFN2O3/c9-1-3-15-4-2-12-5-6(10)7(13)11-8(12)14/h5H,1-4H2,(H,11,13,14). The molecule has 1 heterocycles. The number of nitrogens with zero attached hydrogens (tertiary/aromatic N) is 1. The van der Waals surface area contributed by atoms with E-state index in [1.165, 1.54) is 0 Å². The van der Waals surface area contributed by atoms with Crippen molar-refractivity contribution >= 4 is 11.6 Å². The SMILES string of the molecule is O=c1[nH]c(=O)n(CCOCCCl)cc1F. The highest BCUT2D eigenvalue weighted by atomic mass is 35.5. The Bertz CT molecular complexity index is 429. The van der Waals surface area contributed by atoms with Crippen molar-refractivity contribution in [2.45, 2.75) is 6.54 Å².